The largest absolute Gasteiger partial charge is 0.396 e. The summed E-state index contributed by atoms with van der Waals surface area (Å²) in [4.78, 5) is 0. The van der Waals surface area contributed by atoms with Gasteiger partial charge >= 0.3 is 0 Å². The third-order valence-electron chi connectivity index (χ3n) is 2.58. The van der Waals surface area contributed by atoms with Gasteiger partial charge in [0.1, 0.15) is 0 Å². The smallest absolute Gasteiger partial charge is 0.214 e. The Morgan fingerprint density at radius 3 is 2.40 bits per heavy atom. The molecule has 0 radical (unpaired) electrons. The summed E-state index contributed by atoms with van der Waals surface area (Å²) < 4.78 is 25.0. The van der Waals surface area contributed by atoms with Crippen LogP contribution in [-0.4, -0.2) is 43.3 Å². The van der Waals surface area contributed by atoms with Crippen molar-refractivity contribution in [2.75, 3.05) is 19.4 Å². The highest BCUT2D eigenvalue weighted by Gasteiger charge is 2.21. The van der Waals surface area contributed by atoms with Gasteiger partial charge < -0.3 is 5.11 Å². The van der Waals surface area contributed by atoms with E-state index in [0.717, 1.165) is 12.8 Å². The molecule has 0 bridgehead atoms. The average molecular weight is 237 g/mol. The second kappa shape index (κ2) is 7.19. The average Bonchev–Trinajstić information content (AvgIpc) is 2.17. The summed E-state index contributed by atoms with van der Waals surface area (Å²) in [5.41, 5.74) is 0. The molecule has 0 aliphatic rings. The van der Waals surface area contributed by atoms with Crippen LogP contribution in [0, 0.1) is 0 Å². The molecule has 0 fully saturated rings. The van der Waals surface area contributed by atoms with Crippen LogP contribution in [0.5, 0.6) is 0 Å². The molecule has 0 rings (SSSR count). The zero-order chi connectivity index (χ0) is 11.9. The maximum atomic E-state index is 11.8. The Hall–Kier alpha value is -0.130. The number of hydrogen-bond donors (Lipinski definition) is 1. The van der Waals surface area contributed by atoms with Gasteiger partial charge in [0.2, 0.25) is 10.0 Å². The zero-order valence-corrected chi connectivity index (χ0v) is 10.8. The Morgan fingerprint density at radius 1 is 1.33 bits per heavy atom. The van der Waals surface area contributed by atoms with Gasteiger partial charge in [0.15, 0.2) is 0 Å². The van der Waals surface area contributed by atoms with Crippen LogP contribution in [0.15, 0.2) is 0 Å². The Balaban J connectivity index is 4.19. The summed E-state index contributed by atoms with van der Waals surface area (Å²) in [6, 6.07) is 0.0640. The summed E-state index contributed by atoms with van der Waals surface area (Å²) >= 11 is 0. The molecule has 1 atom stereocenters. The third-order valence-corrected chi connectivity index (χ3v) is 4.62. The quantitative estimate of drug-likeness (QED) is 0.646. The van der Waals surface area contributed by atoms with E-state index in [9.17, 15) is 8.42 Å². The van der Waals surface area contributed by atoms with Gasteiger partial charge in [-0.25, -0.2) is 12.7 Å². The number of rotatable bonds is 8. The molecule has 0 amide bonds. The van der Waals surface area contributed by atoms with E-state index < -0.39 is 10.0 Å². The molecule has 0 aliphatic carbocycles. The van der Waals surface area contributed by atoms with Gasteiger partial charge in [-0.3, -0.25) is 0 Å². The molecule has 92 valence electrons. The number of nitrogens with zero attached hydrogens (tertiary/aromatic N) is 1. The molecular weight excluding hydrogens is 214 g/mol. The molecule has 4 nitrogen and oxygen atoms in total. The van der Waals surface area contributed by atoms with Gasteiger partial charge in [-0.15, -0.1) is 0 Å². The normalized spacial score (nSPS) is 14.5. The summed E-state index contributed by atoms with van der Waals surface area (Å²) in [6.07, 6.45) is 2.95. The molecule has 0 aromatic carbocycles. The molecule has 0 heterocycles. The molecule has 0 spiro atoms. The van der Waals surface area contributed by atoms with Crippen molar-refractivity contribution >= 4 is 10.0 Å². The lowest BCUT2D eigenvalue weighted by Gasteiger charge is -2.23. The fourth-order valence-corrected chi connectivity index (χ4v) is 2.92. The van der Waals surface area contributed by atoms with E-state index in [1.165, 1.54) is 4.31 Å². The first-order valence-corrected chi connectivity index (χ1v) is 7.13. The maximum Gasteiger partial charge on any atom is 0.214 e. The van der Waals surface area contributed by atoms with E-state index >= 15 is 0 Å². The Kier molecular flexibility index (Phi) is 7.13. The van der Waals surface area contributed by atoms with Crippen LogP contribution in [0.2, 0.25) is 0 Å². The van der Waals surface area contributed by atoms with Gasteiger partial charge in [0, 0.05) is 19.7 Å². The maximum absolute atomic E-state index is 11.8. The first-order chi connectivity index (χ1) is 6.95. The zero-order valence-electron chi connectivity index (χ0n) is 9.94. The van der Waals surface area contributed by atoms with Crippen molar-refractivity contribution in [3.05, 3.63) is 0 Å². The van der Waals surface area contributed by atoms with Crippen molar-refractivity contribution in [1.82, 2.24) is 4.31 Å². The summed E-state index contributed by atoms with van der Waals surface area (Å²) in [6.45, 7) is 4.03. The van der Waals surface area contributed by atoms with E-state index in [1.54, 1.807) is 7.05 Å². The topological polar surface area (TPSA) is 57.6 Å². The Labute approximate surface area is 93.3 Å². The van der Waals surface area contributed by atoms with Crippen molar-refractivity contribution in [3.63, 3.8) is 0 Å². The third kappa shape index (κ3) is 5.49. The van der Waals surface area contributed by atoms with Crippen molar-refractivity contribution in [2.45, 2.75) is 45.6 Å². The van der Waals surface area contributed by atoms with Gasteiger partial charge in [0.05, 0.1) is 5.75 Å². The lowest BCUT2D eigenvalue weighted by molar-refractivity contribution is 0.286. The van der Waals surface area contributed by atoms with Crippen LogP contribution in [0.25, 0.3) is 0 Å². The summed E-state index contributed by atoms with van der Waals surface area (Å²) in [7, 11) is -1.50. The van der Waals surface area contributed by atoms with Crippen LogP contribution in [0.1, 0.15) is 39.5 Å². The molecule has 5 heteroatoms. The number of sulfonamides is 1. The van der Waals surface area contributed by atoms with E-state index in [4.69, 9.17) is 5.11 Å². The minimum absolute atomic E-state index is 0.0593. The molecule has 1 N–H and O–H groups in total. The first kappa shape index (κ1) is 14.9. The second-order valence-corrected chi connectivity index (χ2v) is 6.05. The van der Waals surface area contributed by atoms with Crippen LogP contribution < -0.4 is 0 Å². The molecule has 15 heavy (non-hydrogen) atoms. The predicted molar refractivity (Wildman–Crippen MR) is 62.2 cm³/mol. The first-order valence-electron chi connectivity index (χ1n) is 5.52. The summed E-state index contributed by atoms with van der Waals surface area (Å²) in [5, 5.41) is 8.59. The molecule has 1 unspecified atom stereocenters. The molecular formula is C10H23NO3S. The highest BCUT2D eigenvalue weighted by molar-refractivity contribution is 7.89. The second-order valence-electron chi connectivity index (χ2n) is 3.90. The number of aliphatic hydroxyl groups is 1. The molecule has 0 aliphatic heterocycles. The van der Waals surface area contributed by atoms with E-state index in [1.807, 2.05) is 13.8 Å². The highest BCUT2D eigenvalue weighted by atomic mass is 32.2. The monoisotopic (exact) mass is 237 g/mol. The molecule has 0 aromatic rings. The van der Waals surface area contributed by atoms with Crippen molar-refractivity contribution in [2.24, 2.45) is 0 Å². The SMILES string of the molecule is CCCC(C)N(C)S(=O)(=O)CCCCO. The lowest BCUT2D eigenvalue weighted by atomic mass is 10.2. The van der Waals surface area contributed by atoms with Crippen LogP contribution in [-0.2, 0) is 10.0 Å². The van der Waals surface area contributed by atoms with Crippen molar-refractivity contribution < 1.29 is 13.5 Å². The van der Waals surface area contributed by atoms with Crippen molar-refractivity contribution in [1.29, 1.82) is 0 Å². The molecule has 0 saturated heterocycles. The van der Waals surface area contributed by atoms with Crippen LogP contribution >= 0.6 is 0 Å². The number of hydrogen-bond acceptors (Lipinski definition) is 3. The van der Waals surface area contributed by atoms with Crippen LogP contribution in [0.4, 0.5) is 0 Å². The minimum atomic E-state index is -3.13. The Bertz CT molecular complexity index is 251. The van der Waals surface area contributed by atoms with E-state index in [2.05, 4.69) is 0 Å². The van der Waals surface area contributed by atoms with Gasteiger partial charge in [-0.2, -0.15) is 0 Å². The van der Waals surface area contributed by atoms with Gasteiger partial charge in [0.25, 0.3) is 0 Å². The number of aliphatic hydroxyl groups excluding tert-OH is 1. The standard InChI is InChI=1S/C10H23NO3S/c1-4-7-10(2)11(3)15(13,14)9-6-5-8-12/h10,12H,4-9H2,1-3H3. The minimum Gasteiger partial charge on any atom is -0.396 e. The Morgan fingerprint density at radius 2 is 1.93 bits per heavy atom. The van der Waals surface area contributed by atoms with Gasteiger partial charge in [-0.05, 0) is 26.2 Å². The fraction of sp³-hybridized carbons (Fsp3) is 1.00. The fourth-order valence-electron chi connectivity index (χ4n) is 1.41. The number of unbranched alkanes of at least 4 members (excludes halogenated alkanes) is 1. The highest BCUT2D eigenvalue weighted by Crippen LogP contribution is 2.11. The lowest BCUT2D eigenvalue weighted by Crippen LogP contribution is -2.36. The van der Waals surface area contributed by atoms with Crippen LogP contribution in [0.3, 0.4) is 0 Å². The molecule has 0 aromatic heterocycles. The van der Waals surface area contributed by atoms with Crippen molar-refractivity contribution in [3.8, 4) is 0 Å². The van der Waals surface area contributed by atoms with Gasteiger partial charge in [-0.1, -0.05) is 13.3 Å². The van der Waals surface area contributed by atoms with E-state index in [0.29, 0.717) is 12.8 Å². The predicted octanol–water partition coefficient (Wildman–Crippen LogP) is 1.21. The summed E-state index contributed by atoms with van der Waals surface area (Å²) in [5.74, 6) is 0.137. The van der Waals surface area contributed by atoms with E-state index in [-0.39, 0.29) is 18.4 Å². The molecule has 0 saturated carbocycles.